The predicted molar refractivity (Wildman–Crippen MR) is 110 cm³/mol. The van der Waals surface area contributed by atoms with Gasteiger partial charge in [0.25, 0.3) is 0 Å². The lowest BCUT2D eigenvalue weighted by Gasteiger charge is -2.30. The van der Waals surface area contributed by atoms with Gasteiger partial charge >= 0.3 is 0 Å². The van der Waals surface area contributed by atoms with E-state index in [0.717, 1.165) is 19.3 Å². The lowest BCUT2D eigenvalue weighted by atomic mass is 9.88. The van der Waals surface area contributed by atoms with Crippen molar-refractivity contribution >= 4 is 15.9 Å². The van der Waals surface area contributed by atoms with Crippen molar-refractivity contribution in [1.82, 2.24) is 5.32 Å². The molecule has 6 heteroatoms. The maximum Gasteiger partial charge on any atom is 0.201 e. The van der Waals surface area contributed by atoms with Crippen LogP contribution in [0.3, 0.4) is 0 Å². The second-order valence-corrected chi connectivity index (χ2v) is 9.00. The largest absolute Gasteiger partial charge is 0.488 e. The lowest BCUT2D eigenvalue weighted by Crippen LogP contribution is -2.46. The van der Waals surface area contributed by atoms with Gasteiger partial charge in [-0.1, -0.05) is 24.3 Å². The Labute approximate surface area is 173 Å². The van der Waals surface area contributed by atoms with Gasteiger partial charge in [0.2, 0.25) is 5.82 Å². The molecule has 152 valence electrons. The Morgan fingerprint density at radius 2 is 1.79 bits per heavy atom. The van der Waals surface area contributed by atoms with Crippen molar-refractivity contribution < 1.29 is 18.6 Å². The molecule has 2 aromatic rings. The molecule has 0 aromatic heterocycles. The number of rotatable bonds is 8. The minimum atomic E-state index is -1.06. The fraction of sp³-hybridized carbons (Fsp3) is 0.455. The van der Waals surface area contributed by atoms with Crippen molar-refractivity contribution in [2.75, 3.05) is 13.2 Å². The molecule has 2 N–H and O–H groups in total. The van der Waals surface area contributed by atoms with Crippen LogP contribution < -0.4 is 10.1 Å². The predicted octanol–water partition coefficient (Wildman–Crippen LogP) is 4.64. The first-order valence-corrected chi connectivity index (χ1v) is 10.3. The summed E-state index contributed by atoms with van der Waals surface area (Å²) in [6.07, 6.45) is 2.33. The van der Waals surface area contributed by atoms with Gasteiger partial charge in [-0.15, -0.1) is 0 Å². The Morgan fingerprint density at radius 3 is 2.43 bits per heavy atom. The van der Waals surface area contributed by atoms with Crippen molar-refractivity contribution in [3.05, 3.63) is 63.6 Å². The van der Waals surface area contributed by atoms with E-state index in [2.05, 4.69) is 59.4 Å². The highest BCUT2D eigenvalue weighted by molar-refractivity contribution is 9.10. The molecule has 0 radical (unpaired) electrons. The fourth-order valence-corrected chi connectivity index (χ4v) is 4.15. The zero-order chi connectivity index (χ0) is 20.3. The van der Waals surface area contributed by atoms with Crippen LogP contribution >= 0.6 is 15.9 Å². The van der Waals surface area contributed by atoms with E-state index in [0.29, 0.717) is 12.5 Å². The molecule has 1 aliphatic carbocycles. The highest BCUT2D eigenvalue weighted by atomic mass is 79.9. The highest BCUT2D eigenvalue weighted by Crippen LogP contribution is 2.32. The maximum atomic E-state index is 13.8. The molecular formula is C22H26BrF2NO2. The number of halogens is 3. The monoisotopic (exact) mass is 453 g/mol. The molecule has 2 aromatic carbocycles. The van der Waals surface area contributed by atoms with Gasteiger partial charge in [0.1, 0.15) is 12.7 Å². The average Bonchev–Trinajstić information content (AvgIpc) is 3.05. The fourth-order valence-electron chi connectivity index (χ4n) is 3.85. The summed E-state index contributed by atoms with van der Waals surface area (Å²) in [5, 5.41) is 13.6. The van der Waals surface area contributed by atoms with E-state index in [1.165, 1.54) is 23.3 Å². The number of hydrogen-bond acceptors (Lipinski definition) is 3. The molecule has 0 bridgehead atoms. The Balaban J connectivity index is 1.45. The van der Waals surface area contributed by atoms with Crippen LogP contribution in [0.25, 0.3) is 0 Å². The lowest BCUT2D eigenvalue weighted by molar-refractivity contribution is 0.0942. The maximum absolute atomic E-state index is 13.8. The third-order valence-corrected chi connectivity index (χ3v) is 5.79. The van der Waals surface area contributed by atoms with Gasteiger partial charge in [-0.25, -0.2) is 4.39 Å². The third kappa shape index (κ3) is 5.31. The summed E-state index contributed by atoms with van der Waals surface area (Å²) in [4.78, 5) is 0. The van der Waals surface area contributed by atoms with E-state index >= 15 is 0 Å². The minimum Gasteiger partial charge on any atom is -0.488 e. The van der Waals surface area contributed by atoms with Crippen LogP contribution in [0, 0.1) is 17.6 Å². The smallest absolute Gasteiger partial charge is 0.201 e. The van der Waals surface area contributed by atoms with Gasteiger partial charge in [0.15, 0.2) is 11.6 Å². The van der Waals surface area contributed by atoms with E-state index in [4.69, 9.17) is 4.74 Å². The van der Waals surface area contributed by atoms with Crippen LogP contribution in [0.4, 0.5) is 8.78 Å². The number of aliphatic hydroxyl groups is 1. The van der Waals surface area contributed by atoms with Crippen molar-refractivity contribution in [2.24, 2.45) is 5.92 Å². The molecule has 0 heterocycles. The van der Waals surface area contributed by atoms with Gasteiger partial charge < -0.3 is 15.2 Å². The summed E-state index contributed by atoms with van der Waals surface area (Å²) in [6.45, 7) is 4.43. The van der Waals surface area contributed by atoms with Gasteiger partial charge in [-0.3, -0.25) is 0 Å². The van der Waals surface area contributed by atoms with Crippen LogP contribution in [0.1, 0.15) is 31.4 Å². The Kier molecular flexibility index (Phi) is 6.73. The van der Waals surface area contributed by atoms with Gasteiger partial charge in [0.05, 0.1) is 4.47 Å². The summed E-state index contributed by atoms with van der Waals surface area (Å²) in [5.41, 5.74) is 2.71. The SMILES string of the molecule is CC(C)(CC1Cc2ccccc2C1)NC[C@@H](O)COc1ccc(Br)c(F)c1F. The van der Waals surface area contributed by atoms with E-state index in [1.807, 2.05) is 0 Å². The molecule has 3 nitrogen and oxygen atoms in total. The molecule has 0 amide bonds. The molecule has 28 heavy (non-hydrogen) atoms. The van der Waals surface area contributed by atoms with Crippen LogP contribution in [0.2, 0.25) is 0 Å². The molecule has 3 rings (SSSR count). The van der Waals surface area contributed by atoms with Crippen LogP contribution in [-0.4, -0.2) is 29.9 Å². The zero-order valence-corrected chi connectivity index (χ0v) is 17.7. The first-order valence-electron chi connectivity index (χ1n) is 9.51. The number of fused-ring (bicyclic) bond motifs is 1. The van der Waals surface area contributed by atoms with Gasteiger partial charge in [-0.05, 0) is 78.2 Å². The second-order valence-electron chi connectivity index (χ2n) is 8.15. The molecule has 0 fully saturated rings. The van der Waals surface area contributed by atoms with Crippen LogP contribution in [0.5, 0.6) is 5.75 Å². The van der Waals surface area contributed by atoms with E-state index in [1.54, 1.807) is 0 Å². The highest BCUT2D eigenvalue weighted by Gasteiger charge is 2.28. The molecule has 0 unspecified atom stereocenters. The molecule has 0 saturated carbocycles. The number of ether oxygens (including phenoxy) is 1. The second kappa shape index (κ2) is 8.89. The van der Waals surface area contributed by atoms with E-state index in [9.17, 15) is 13.9 Å². The average molecular weight is 454 g/mol. The minimum absolute atomic E-state index is 0.0374. The van der Waals surface area contributed by atoms with Crippen molar-refractivity contribution in [2.45, 2.75) is 44.8 Å². The summed E-state index contributed by atoms with van der Waals surface area (Å²) in [7, 11) is 0. The molecule has 0 aliphatic heterocycles. The molecule has 0 saturated heterocycles. The number of benzene rings is 2. The summed E-state index contributed by atoms with van der Waals surface area (Å²) in [5.74, 6) is -1.68. The first-order chi connectivity index (χ1) is 13.2. The van der Waals surface area contributed by atoms with E-state index < -0.39 is 17.7 Å². The van der Waals surface area contributed by atoms with E-state index in [-0.39, 0.29) is 22.4 Å². The third-order valence-electron chi connectivity index (χ3n) is 5.18. The van der Waals surface area contributed by atoms with Crippen LogP contribution in [-0.2, 0) is 12.8 Å². The van der Waals surface area contributed by atoms with Crippen molar-refractivity contribution in [3.63, 3.8) is 0 Å². The van der Waals surface area contributed by atoms with Crippen LogP contribution in [0.15, 0.2) is 40.9 Å². The number of hydrogen-bond donors (Lipinski definition) is 2. The normalized spacial score (nSPS) is 15.5. The van der Waals surface area contributed by atoms with Gasteiger partial charge in [-0.2, -0.15) is 4.39 Å². The first kappa shape index (κ1) is 21.2. The molecule has 0 spiro atoms. The summed E-state index contributed by atoms with van der Waals surface area (Å²) < 4.78 is 32.6. The number of β-amino-alcohol motifs (C(OH)–C–C–N with tert-alkyl or cyclic N) is 1. The topological polar surface area (TPSA) is 41.5 Å². The Hall–Kier alpha value is -1.50. The Morgan fingerprint density at radius 1 is 1.14 bits per heavy atom. The Bertz CT molecular complexity index is 803. The summed E-state index contributed by atoms with van der Waals surface area (Å²) >= 11 is 2.92. The van der Waals surface area contributed by atoms with Gasteiger partial charge in [0, 0.05) is 12.1 Å². The number of aliphatic hydroxyl groups excluding tert-OH is 1. The summed E-state index contributed by atoms with van der Waals surface area (Å²) in [6, 6.07) is 11.3. The molecular weight excluding hydrogens is 428 g/mol. The quantitative estimate of drug-likeness (QED) is 0.572. The number of nitrogens with one attached hydrogen (secondary N) is 1. The molecule has 1 atom stereocenters. The zero-order valence-electron chi connectivity index (χ0n) is 16.1. The molecule has 1 aliphatic rings. The van der Waals surface area contributed by atoms with Crippen molar-refractivity contribution in [3.8, 4) is 5.75 Å². The van der Waals surface area contributed by atoms with Crippen molar-refractivity contribution in [1.29, 1.82) is 0 Å². The standard InChI is InChI=1S/C22H26BrF2NO2/c1-22(2,11-14-9-15-5-3-4-6-16(15)10-14)26-12-17(27)13-28-19-8-7-18(23)20(24)21(19)25/h3-8,14,17,26-27H,9-13H2,1-2H3/t17-/m1/s1.